The van der Waals surface area contributed by atoms with Gasteiger partial charge in [0.15, 0.2) is 0 Å². The van der Waals surface area contributed by atoms with Gasteiger partial charge in [-0.1, -0.05) is 54.6 Å². The van der Waals surface area contributed by atoms with Crippen LogP contribution in [0, 0.1) is 0 Å². The molecule has 1 amide bonds. The molecule has 92 valence electrons. The molecule has 0 aliphatic heterocycles. The van der Waals surface area contributed by atoms with Gasteiger partial charge in [-0.3, -0.25) is 4.79 Å². The van der Waals surface area contributed by atoms with Crippen molar-refractivity contribution in [1.29, 1.82) is 0 Å². The lowest BCUT2D eigenvalue weighted by Gasteiger charge is -2.21. The van der Waals surface area contributed by atoms with Crippen LogP contribution in [0.15, 0.2) is 54.6 Å². The molecule has 3 heteroatoms. The van der Waals surface area contributed by atoms with E-state index in [-0.39, 0.29) is 0 Å². The second-order valence-corrected chi connectivity index (χ2v) is 4.51. The molecule has 2 aromatic rings. The van der Waals surface area contributed by atoms with Gasteiger partial charge in [-0.15, -0.1) is 0 Å². The van der Waals surface area contributed by atoms with Crippen molar-refractivity contribution in [3.63, 3.8) is 0 Å². The maximum atomic E-state index is 11.3. The maximum absolute atomic E-state index is 11.3. The van der Waals surface area contributed by atoms with Crippen molar-refractivity contribution < 1.29 is 4.79 Å². The van der Waals surface area contributed by atoms with E-state index in [2.05, 4.69) is 0 Å². The van der Waals surface area contributed by atoms with E-state index in [0.29, 0.717) is 0 Å². The number of carbonyl (C=O) groups excluding carboxylic acids is 1. The number of carbonyl (C=O) groups is 1. The van der Waals surface area contributed by atoms with E-state index >= 15 is 0 Å². The third-order valence-corrected chi connectivity index (χ3v) is 3.10. The number of nitrogens with two attached hydrogens (primary N) is 2. The fraction of sp³-hybridized carbons (Fsp3) is 0.133. The molecule has 0 saturated heterocycles. The first kappa shape index (κ1) is 12.3. The largest absolute Gasteiger partial charge is 0.368 e. The Hall–Kier alpha value is -2.13. The molecule has 0 radical (unpaired) electrons. The number of hydrogen-bond donors (Lipinski definition) is 2. The van der Waals surface area contributed by atoms with Crippen LogP contribution < -0.4 is 11.5 Å². The van der Waals surface area contributed by atoms with Crippen LogP contribution in [0.1, 0.15) is 12.5 Å². The molecule has 1 atom stereocenters. The molecule has 0 aromatic heterocycles. The summed E-state index contributed by atoms with van der Waals surface area (Å²) in [7, 11) is 0. The van der Waals surface area contributed by atoms with E-state index in [1.807, 2.05) is 54.6 Å². The lowest BCUT2D eigenvalue weighted by Crippen LogP contribution is -2.46. The van der Waals surface area contributed by atoms with Gasteiger partial charge in [-0.25, -0.2) is 0 Å². The van der Waals surface area contributed by atoms with Crippen molar-refractivity contribution in [3.8, 4) is 11.1 Å². The van der Waals surface area contributed by atoms with Crippen LogP contribution in [0.2, 0.25) is 0 Å². The van der Waals surface area contributed by atoms with Crippen molar-refractivity contribution in [2.24, 2.45) is 11.5 Å². The van der Waals surface area contributed by atoms with Gasteiger partial charge < -0.3 is 11.5 Å². The zero-order valence-corrected chi connectivity index (χ0v) is 10.3. The van der Waals surface area contributed by atoms with Crippen LogP contribution in [0.5, 0.6) is 0 Å². The molecule has 4 N–H and O–H groups in total. The van der Waals surface area contributed by atoms with Crippen LogP contribution in [-0.2, 0) is 10.3 Å². The van der Waals surface area contributed by atoms with Gasteiger partial charge in [0.05, 0.1) is 0 Å². The van der Waals surface area contributed by atoms with Gasteiger partial charge in [0.25, 0.3) is 0 Å². The average molecular weight is 240 g/mol. The number of hydrogen-bond acceptors (Lipinski definition) is 2. The molecule has 0 fully saturated rings. The molecule has 2 rings (SSSR count). The minimum absolute atomic E-state index is 0.532. The molecule has 2 aromatic carbocycles. The minimum Gasteiger partial charge on any atom is -0.368 e. The Labute approximate surface area is 106 Å². The Morgan fingerprint density at radius 2 is 1.44 bits per heavy atom. The van der Waals surface area contributed by atoms with E-state index < -0.39 is 11.4 Å². The molecule has 0 heterocycles. The quantitative estimate of drug-likeness (QED) is 0.861. The van der Waals surface area contributed by atoms with E-state index in [1.54, 1.807) is 6.92 Å². The molecular formula is C15H16N2O. The third-order valence-electron chi connectivity index (χ3n) is 3.10. The summed E-state index contributed by atoms with van der Waals surface area (Å²) < 4.78 is 0. The van der Waals surface area contributed by atoms with Crippen LogP contribution in [0.4, 0.5) is 0 Å². The summed E-state index contributed by atoms with van der Waals surface area (Å²) in [4.78, 5) is 11.3. The Bertz CT molecular complexity index is 544. The molecule has 0 aliphatic carbocycles. The van der Waals surface area contributed by atoms with Crippen molar-refractivity contribution in [1.82, 2.24) is 0 Å². The maximum Gasteiger partial charge on any atom is 0.241 e. The lowest BCUT2D eigenvalue weighted by molar-refractivity contribution is -0.122. The topological polar surface area (TPSA) is 69.1 Å². The van der Waals surface area contributed by atoms with Crippen molar-refractivity contribution in [2.45, 2.75) is 12.5 Å². The summed E-state index contributed by atoms with van der Waals surface area (Å²) in [6, 6.07) is 17.6. The normalized spacial score (nSPS) is 13.9. The summed E-state index contributed by atoms with van der Waals surface area (Å²) >= 11 is 0. The van der Waals surface area contributed by atoms with Gasteiger partial charge in [0.2, 0.25) is 5.91 Å². The van der Waals surface area contributed by atoms with Crippen LogP contribution >= 0.6 is 0 Å². The number of benzene rings is 2. The Balaban J connectivity index is 2.35. The summed E-state index contributed by atoms with van der Waals surface area (Å²) in [6.45, 7) is 1.62. The van der Waals surface area contributed by atoms with Crippen molar-refractivity contribution in [2.75, 3.05) is 0 Å². The minimum atomic E-state index is -1.13. The second-order valence-electron chi connectivity index (χ2n) is 4.51. The highest BCUT2D eigenvalue weighted by Gasteiger charge is 2.27. The summed E-state index contributed by atoms with van der Waals surface area (Å²) in [5.74, 6) is -0.532. The van der Waals surface area contributed by atoms with Crippen LogP contribution in [0.25, 0.3) is 11.1 Å². The van der Waals surface area contributed by atoms with Crippen molar-refractivity contribution in [3.05, 3.63) is 60.2 Å². The molecular weight excluding hydrogens is 224 g/mol. The fourth-order valence-electron chi connectivity index (χ4n) is 1.78. The first-order valence-corrected chi connectivity index (χ1v) is 5.76. The molecule has 0 bridgehead atoms. The SMILES string of the molecule is CC(N)(C(N)=O)c1ccc(-c2ccccc2)cc1. The molecule has 3 nitrogen and oxygen atoms in total. The van der Waals surface area contributed by atoms with Gasteiger partial charge in [0.1, 0.15) is 5.54 Å². The van der Waals surface area contributed by atoms with Gasteiger partial charge in [-0.2, -0.15) is 0 Å². The molecule has 0 aliphatic rings. The highest BCUT2D eigenvalue weighted by atomic mass is 16.1. The van der Waals surface area contributed by atoms with E-state index in [0.717, 1.165) is 16.7 Å². The Kier molecular flexibility index (Phi) is 3.17. The smallest absolute Gasteiger partial charge is 0.241 e. The molecule has 18 heavy (non-hydrogen) atoms. The molecule has 1 unspecified atom stereocenters. The first-order valence-electron chi connectivity index (χ1n) is 5.76. The fourth-order valence-corrected chi connectivity index (χ4v) is 1.78. The summed E-state index contributed by atoms with van der Waals surface area (Å²) in [5.41, 5.74) is 13.0. The first-order chi connectivity index (χ1) is 8.51. The highest BCUT2D eigenvalue weighted by molar-refractivity contribution is 5.85. The monoisotopic (exact) mass is 240 g/mol. The van der Waals surface area contributed by atoms with Gasteiger partial charge >= 0.3 is 0 Å². The van der Waals surface area contributed by atoms with Crippen LogP contribution in [-0.4, -0.2) is 5.91 Å². The summed E-state index contributed by atoms with van der Waals surface area (Å²) in [5, 5.41) is 0. The number of primary amides is 1. The van der Waals surface area contributed by atoms with E-state index in [1.165, 1.54) is 0 Å². The zero-order valence-electron chi connectivity index (χ0n) is 10.3. The molecule has 0 spiro atoms. The standard InChI is InChI=1S/C15H16N2O/c1-15(17,14(16)18)13-9-7-12(8-10-13)11-5-3-2-4-6-11/h2-10H,17H2,1H3,(H2,16,18). The number of rotatable bonds is 3. The molecule has 0 saturated carbocycles. The third kappa shape index (κ3) is 2.26. The van der Waals surface area contributed by atoms with Crippen molar-refractivity contribution >= 4 is 5.91 Å². The van der Waals surface area contributed by atoms with E-state index in [9.17, 15) is 4.79 Å². The zero-order chi connectivity index (χ0) is 13.2. The lowest BCUT2D eigenvalue weighted by atomic mass is 9.91. The Morgan fingerprint density at radius 3 is 1.94 bits per heavy atom. The predicted molar refractivity (Wildman–Crippen MR) is 72.6 cm³/mol. The van der Waals surface area contributed by atoms with E-state index in [4.69, 9.17) is 11.5 Å². The van der Waals surface area contributed by atoms with Crippen LogP contribution in [0.3, 0.4) is 0 Å². The summed E-state index contributed by atoms with van der Waals surface area (Å²) in [6.07, 6.45) is 0. The van der Waals surface area contributed by atoms with Gasteiger partial charge in [0, 0.05) is 0 Å². The second kappa shape index (κ2) is 4.63. The average Bonchev–Trinajstić information content (AvgIpc) is 2.40. The number of amides is 1. The predicted octanol–water partition coefficient (Wildman–Crippen LogP) is 2.01. The highest BCUT2D eigenvalue weighted by Crippen LogP contribution is 2.23. The van der Waals surface area contributed by atoms with Gasteiger partial charge in [-0.05, 0) is 23.6 Å². The Morgan fingerprint density at radius 1 is 0.944 bits per heavy atom.